The standard InChI is InChI=1S/C14H18Br2N2O3/c1-8(3-4-12(19)20)7-17-14(21)18-13-10(15)5-9(2)6-11(13)16/h5-6,8H,3-4,7H2,1-2H3,(H,19,20)(H2,17,18,21). The normalized spacial score (nSPS) is 11.8. The molecule has 0 bridgehead atoms. The number of hydrogen-bond acceptors (Lipinski definition) is 2. The Morgan fingerprint density at radius 1 is 1.29 bits per heavy atom. The summed E-state index contributed by atoms with van der Waals surface area (Å²) >= 11 is 6.82. The Labute approximate surface area is 140 Å². The summed E-state index contributed by atoms with van der Waals surface area (Å²) in [6.45, 7) is 4.30. The molecule has 2 amide bonds. The van der Waals surface area contributed by atoms with Gasteiger partial charge in [0.15, 0.2) is 0 Å². The van der Waals surface area contributed by atoms with E-state index < -0.39 is 5.97 Å². The van der Waals surface area contributed by atoms with E-state index in [0.717, 1.165) is 14.5 Å². The van der Waals surface area contributed by atoms with Gasteiger partial charge in [-0.3, -0.25) is 4.79 Å². The second-order valence-corrected chi connectivity index (χ2v) is 6.68. The average Bonchev–Trinajstić information content (AvgIpc) is 2.38. The Balaban J connectivity index is 2.49. The summed E-state index contributed by atoms with van der Waals surface area (Å²) in [4.78, 5) is 22.3. The third-order valence-electron chi connectivity index (χ3n) is 2.89. The van der Waals surface area contributed by atoms with Crippen LogP contribution in [0.2, 0.25) is 0 Å². The lowest BCUT2D eigenvalue weighted by molar-refractivity contribution is -0.137. The van der Waals surface area contributed by atoms with Crippen LogP contribution in [0.3, 0.4) is 0 Å². The zero-order chi connectivity index (χ0) is 16.0. The van der Waals surface area contributed by atoms with E-state index in [1.54, 1.807) is 0 Å². The van der Waals surface area contributed by atoms with Crippen molar-refractivity contribution in [3.63, 3.8) is 0 Å². The number of benzene rings is 1. The zero-order valence-electron chi connectivity index (χ0n) is 11.9. The van der Waals surface area contributed by atoms with Crippen molar-refractivity contribution in [3.8, 4) is 0 Å². The van der Waals surface area contributed by atoms with Gasteiger partial charge in [0.2, 0.25) is 0 Å². The van der Waals surface area contributed by atoms with Crippen molar-refractivity contribution in [2.45, 2.75) is 26.7 Å². The van der Waals surface area contributed by atoms with E-state index in [0.29, 0.717) is 18.7 Å². The van der Waals surface area contributed by atoms with Crippen molar-refractivity contribution in [1.82, 2.24) is 5.32 Å². The first-order valence-corrected chi connectivity index (χ1v) is 8.10. The van der Waals surface area contributed by atoms with Crippen molar-refractivity contribution < 1.29 is 14.7 Å². The number of halogens is 2. The fraction of sp³-hybridized carbons (Fsp3) is 0.429. The highest BCUT2D eigenvalue weighted by molar-refractivity contribution is 9.11. The zero-order valence-corrected chi connectivity index (χ0v) is 15.0. The number of carboxylic acid groups (broad SMARTS) is 1. The molecule has 3 N–H and O–H groups in total. The van der Waals surface area contributed by atoms with Crippen molar-refractivity contribution in [2.24, 2.45) is 5.92 Å². The third kappa shape index (κ3) is 6.48. The van der Waals surface area contributed by atoms with Crippen molar-refractivity contribution in [2.75, 3.05) is 11.9 Å². The van der Waals surface area contributed by atoms with Crippen LogP contribution in [0.4, 0.5) is 10.5 Å². The van der Waals surface area contributed by atoms with Gasteiger partial charge < -0.3 is 15.7 Å². The number of anilines is 1. The third-order valence-corrected chi connectivity index (χ3v) is 4.14. The number of carbonyl (C=O) groups excluding carboxylic acids is 1. The van der Waals surface area contributed by atoms with Gasteiger partial charge in [0, 0.05) is 21.9 Å². The van der Waals surface area contributed by atoms with Gasteiger partial charge in [0.05, 0.1) is 5.69 Å². The molecule has 1 rings (SSSR count). The molecule has 0 heterocycles. The highest BCUT2D eigenvalue weighted by Gasteiger charge is 2.11. The topological polar surface area (TPSA) is 78.4 Å². The molecule has 1 unspecified atom stereocenters. The van der Waals surface area contributed by atoms with Gasteiger partial charge in [0.25, 0.3) is 0 Å². The molecule has 1 aromatic carbocycles. The number of hydrogen-bond donors (Lipinski definition) is 3. The van der Waals surface area contributed by atoms with Crippen molar-refractivity contribution >= 4 is 49.5 Å². The van der Waals surface area contributed by atoms with E-state index >= 15 is 0 Å². The first-order chi connectivity index (χ1) is 9.79. The van der Waals surface area contributed by atoms with Crippen LogP contribution < -0.4 is 10.6 Å². The fourth-order valence-corrected chi connectivity index (χ4v) is 3.33. The van der Waals surface area contributed by atoms with Gasteiger partial charge in [0.1, 0.15) is 0 Å². The molecule has 21 heavy (non-hydrogen) atoms. The molecule has 0 radical (unpaired) electrons. The molecule has 116 valence electrons. The maximum absolute atomic E-state index is 11.9. The highest BCUT2D eigenvalue weighted by Crippen LogP contribution is 2.32. The monoisotopic (exact) mass is 420 g/mol. The molecule has 0 spiro atoms. The summed E-state index contributed by atoms with van der Waals surface area (Å²) in [5, 5.41) is 14.1. The largest absolute Gasteiger partial charge is 0.481 e. The fourth-order valence-electron chi connectivity index (χ4n) is 1.72. The molecule has 0 aliphatic heterocycles. The minimum atomic E-state index is -0.821. The quantitative estimate of drug-likeness (QED) is 0.645. The van der Waals surface area contributed by atoms with E-state index in [9.17, 15) is 9.59 Å². The van der Waals surface area contributed by atoms with E-state index in [1.165, 1.54) is 0 Å². The number of nitrogens with one attached hydrogen (secondary N) is 2. The van der Waals surface area contributed by atoms with Gasteiger partial charge in [-0.1, -0.05) is 6.92 Å². The molecule has 0 fully saturated rings. The van der Waals surface area contributed by atoms with Crippen LogP contribution in [0.15, 0.2) is 21.1 Å². The Kier molecular flexibility index (Phi) is 7.17. The first kappa shape index (κ1) is 18.0. The van der Waals surface area contributed by atoms with E-state index in [-0.39, 0.29) is 18.4 Å². The van der Waals surface area contributed by atoms with Crippen molar-refractivity contribution in [1.29, 1.82) is 0 Å². The van der Waals surface area contributed by atoms with Gasteiger partial charge in [-0.2, -0.15) is 0 Å². The van der Waals surface area contributed by atoms with E-state index in [2.05, 4.69) is 42.5 Å². The van der Waals surface area contributed by atoms with Crippen LogP contribution >= 0.6 is 31.9 Å². The molecule has 0 aliphatic rings. The maximum atomic E-state index is 11.9. The summed E-state index contributed by atoms with van der Waals surface area (Å²) in [5.74, 6) is -0.712. The smallest absolute Gasteiger partial charge is 0.319 e. The van der Waals surface area contributed by atoms with Crippen LogP contribution in [0.5, 0.6) is 0 Å². The van der Waals surface area contributed by atoms with E-state index in [1.807, 2.05) is 26.0 Å². The Morgan fingerprint density at radius 2 is 1.86 bits per heavy atom. The molecular formula is C14H18Br2N2O3. The number of aliphatic carboxylic acids is 1. The Bertz CT molecular complexity index is 512. The summed E-state index contributed by atoms with van der Waals surface area (Å²) in [7, 11) is 0. The number of carbonyl (C=O) groups is 2. The predicted molar refractivity (Wildman–Crippen MR) is 89.6 cm³/mol. The van der Waals surface area contributed by atoms with Crippen LogP contribution in [-0.4, -0.2) is 23.7 Å². The lowest BCUT2D eigenvalue weighted by Crippen LogP contribution is -2.32. The molecule has 0 saturated carbocycles. The van der Waals surface area contributed by atoms with E-state index in [4.69, 9.17) is 5.11 Å². The Hall–Kier alpha value is -1.08. The summed E-state index contributed by atoms with van der Waals surface area (Å²) in [6.07, 6.45) is 0.646. The molecule has 7 heteroatoms. The van der Waals surface area contributed by atoms with Crippen LogP contribution in [0.25, 0.3) is 0 Å². The van der Waals surface area contributed by atoms with Gasteiger partial charge >= 0.3 is 12.0 Å². The highest BCUT2D eigenvalue weighted by atomic mass is 79.9. The molecule has 1 aromatic rings. The average molecular weight is 422 g/mol. The summed E-state index contributed by atoms with van der Waals surface area (Å²) in [5.41, 5.74) is 1.73. The number of aryl methyl sites for hydroxylation is 1. The number of urea groups is 1. The molecule has 0 aromatic heterocycles. The molecule has 0 aliphatic carbocycles. The SMILES string of the molecule is Cc1cc(Br)c(NC(=O)NCC(C)CCC(=O)O)c(Br)c1. The summed E-state index contributed by atoms with van der Waals surface area (Å²) in [6, 6.07) is 3.51. The second-order valence-electron chi connectivity index (χ2n) is 4.98. The van der Waals surface area contributed by atoms with Gasteiger partial charge in [-0.25, -0.2) is 4.79 Å². The van der Waals surface area contributed by atoms with Crippen LogP contribution in [0.1, 0.15) is 25.3 Å². The van der Waals surface area contributed by atoms with Crippen molar-refractivity contribution in [3.05, 3.63) is 26.6 Å². The molecule has 1 atom stereocenters. The minimum Gasteiger partial charge on any atom is -0.481 e. The number of amides is 2. The maximum Gasteiger partial charge on any atom is 0.319 e. The second kappa shape index (κ2) is 8.38. The molecule has 0 saturated heterocycles. The van der Waals surface area contributed by atoms with Crippen LogP contribution in [-0.2, 0) is 4.79 Å². The molecular weight excluding hydrogens is 404 g/mol. The Morgan fingerprint density at radius 3 is 2.38 bits per heavy atom. The van der Waals surface area contributed by atoms with Gasteiger partial charge in [-0.15, -0.1) is 0 Å². The van der Waals surface area contributed by atoms with Gasteiger partial charge in [-0.05, 0) is 68.8 Å². The summed E-state index contributed by atoms with van der Waals surface area (Å²) < 4.78 is 1.59. The first-order valence-electron chi connectivity index (χ1n) is 6.52. The van der Waals surface area contributed by atoms with Crippen LogP contribution in [0, 0.1) is 12.8 Å². The lowest BCUT2D eigenvalue weighted by atomic mass is 10.1. The lowest BCUT2D eigenvalue weighted by Gasteiger charge is -2.14. The predicted octanol–water partition coefficient (Wildman–Crippen LogP) is 4.14. The number of rotatable bonds is 6. The minimum absolute atomic E-state index is 0.108. The number of carboxylic acids is 1. The molecule has 5 nitrogen and oxygen atoms in total.